The van der Waals surface area contributed by atoms with E-state index in [1.165, 1.54) is 25.1 Å². The molecule has 0 radical (unpaired) electrons. The van der Waals surface area contributed by atoms with Crippen LogP contribution in [0.5, 0.6) is 0 Å². The standard InChI is InChI=1S/C13H14FNO3/c1-4-8(2)18-13(17)11-7-10(15-9(3)16)5-6-12(11)14/h4-8H,1H2,2-3H3,(H,15,16)/t8-/m0/s1. The highest BCUT2D eigenvalue weighted by Gasteiger charge is 2.16. The Balaban J connectivity index is 2.96. The Morgan fingerprint density at radius 3 is 2.72 bits per heavy atom. The lowest BCUT2D eigenvalue weighted by Gasteiger charge is -2.10. The van der Waals surface area contributed by atoms with Gasteiger partial charge in [-0.2, -0.15) is 0 Å². The second-order valence-corrected chi connectivity index (χ2v) is 3.72. The van der Waals surface area contributed by atoms with Crippen LogP contribution in [0.3, 0.4) is 0 Å². The van der Waals surface area contributed by atoms with Gasteiger partial charge in [0.05, 0.1) is 5.56 Å². The van der Waals surface area contributed by atoms with Crippen molar-refractivity contribution in [1.82, 2.24) is 0 Å². The Kier molecular flexibility index (Phi) is 4.59. The molecule has 5 heteroatoms. The predicted octanol–water partition coefficient (Wildman–Crippen LogP) is 2.52. The van der Waals surface area contributed by atoms with Crippen LogP contribution in [-0.4, -0.2) is 18.0 Å². The highest BCUT2D eigenvalue weighted by atomic mass is 19.1. The quantitative estimate of drug-likeness (QED) is 0.660. The molecule has 0 bridgehead atoms. The second kappa shape index (κ2) is 5.95. The minimum atomic E-state index is -0.799. The SMILES string of the molecule is C=C[C@H](C)OC(=O)c1cc(NC(C)=O)ccc1F. The molecule has 1 amide bonds. The van der Waals surface area contributed by atoms with Crippen molar-refractivity contribution in [2.75, 3.05) is 5.32 Å². The van der Waals surface area contributed by atoms with Crippen molar-refractivity contribution in [1.29, 1.82) is 0 Å². The first-order valence-electron chi connectivity index (χ1n) is 5.34. The van der Waals surface area contributed by atoms with Crippen molar-refractivity contribution in [3.05, 3.63) is 42.2 Å². The van der Waals surface area contributed by atoms with Gasteiger partial charge in [-0.05, 0) is 25.1 Å². The van der Waals surface area contributed by atoms with Crippen LogP contribution in [0.1, 0.15) is 24.2 Å². The van der Waals surface area contributed by atoms with Crippen LogP contribution in [0.25, 0.3) is 0 Å². The van der Waals surface area contributed by atoms with Gasteiger partial charge in [0.15, 0.2) is 0 Å². The molecule has 0 spiro atoms. The van der Waals surface area contributed by atoms with Crippen molar-refractivity contribution < 1.29 is 18.7 Å². The van der Waals surface area contributed by atoms with E-state index in [2.05, 4.69) is 11.9 Å². The maximum atomic E-state index is 13.5. The van der Waals surface area contributed by atoms with Crippen molar-refractivity contribution in [3.8, 4) is 0 Å². The summed E-state index contributed by atoms with van der Waals surface area (Å²) in [5.41, 5.74) is 0.108. The monoisotopic (exact) mass is 251 g/mol. The van der Waals surface area contributed by atoms with Crippen LogP contribution in [0.2, 0.25) is 0 Å². The fourth-order valence-corrected chi connectivity index (χ4v) is 1.24. The van der Waals surface area contributed by atoms with E-state index in [0.29, 0.717) is 5.69 Å². The van der Waals surface area contributed by atoms with Crippen molar-refractivity contribution in [2.24, 2.45) is 0 Å². The van der Waals surface area contributed by atoms with E-state index in [9.17, 15) is 14.0 Å². The Hall–Kier alpha value is -2.17. The molecule has 1 rings (SSSR count). The topological polar surface area (TPSA) is 55.4 Å². The molecule has 0 aliphatic carbocycles. The third kappa shape index (κ3) is 3.69. The molecular weight excluding hydrogens is 237 g/mol. The van der Waals surface area contributed by atoms with Crippen molar-refractivity contribution in [2.45, 2.75) is 20.0 Å². The summed E-state index contributed by atoms with van der Waals surface area (Å²) in [6.45, 7) is 6.39. The first kappa shape index (κ1) is 13.9. The van der Waals surface area contributed by atoms with Gasteiger partial charge >= 0.3 is 5.97 Å². The number of hydrogen-bond acceptors (Lipinski definition) is 3. The average molecular weight is 251 g/mol. The summed E-state index contributed by atoms with van der Waals surface area (Å²) < 4.78 is 18.4. The normalized spacial score (nSPS) is 11.5. The van der Waals surface area contributed by atoms with Crippen molar-refractivity contribution >= 4 is 17.6 Å². The van der Waals surface area contributed by atoms with Gasteiger partial charge < -0.3 is 10.1 Å². The van der Waals surface area contributed by atoms with E-state index >= 15 is 0 Å². The maximum Gasteiger partial charge on any atom is 0.341 e. The van der Waals surface area contributed by atoms with Gasteiger partial charge in [0.25, 0.3) is 0 Å². The van der Waals surface area contributed by atoms with Gasteiger partial charge in [0.2, 0.25) is 5.91 Å². The van der Waals surface area contributed by atoms with Gasteiger partial charge in [0, 0.05) is 12.6 Å². The van der Waals surface area contributed by atoms with Crippen LogP contribution in [0.15, 0.2) is 30.9 Å². The van der Waals surface area contributed by atoms with E-state index in [0.717, 1.165) is 6.07 Å². The smallest absolute Gasteiger partial charge is 0.341 e. The largest absolute Gasteiger partial charge is 0.455 e. The number of carbonyl (C=O) groups is 2. The molecule has 4 nitrogen and oxygen atoms in total. The third-order valence-corrected chi connectivity index (χ3v) is 2.13. The molecule has 1 aromatic carbocycles. The van der Waals surface area contributed by atoms with E-state index in [1.54, 1.807) is 6.92 Å². The van der Waals surface area contributed by atoms with Crippen LogP contribution >= 0.6 is 0 Å². The first-order chi connectivity index (χ1) is 8.43. The third-order valence-electron chi connectivity index (χ3n) is 2.13. The minimum Gasteiger partial charge on any atom is -0.455 e. The fourth-order valence-electron chi connectivity index (χ4n) is 1.24. The summed E-state index contributed by atoms with van der Waals surface area (Å²) in [7, 11) is 0. The molecule has 18 heavy (non-hydrogen) atoms. The number of anilines is 1. The predicted molar refractivity (Wildman–Crippen MR) is 65.8 cm³/mol. The van der Waals surface area contributed by atoms with E-state index in [4.69, 9.17) is 4.74 Å². The Bertz CT molecular complexity index is 485. The number of hydrogen-bond donors (Lipinski definition) is 1. The molecule has 0 aliphatic heterocycles. The minimum absolute atomic E-state index is 0.227. The van der Waals surface area contributed by atoms with Gasteiger partial charge in [-0.3, -0.25) is 4.79 Å². The molecule has 0 heterocycles. The molecule has 0 aliphatic rings. The number of amides is 1. The van der Waals surface area contributed by atoms with E-state index in [1.807, 2.05) is 0 Å². The van der Waals surface area contributed by atoms with Gasteiger partial charge in [-0.25, -0.2) is 9.18 Å². The fraction of sp³-hybridized carbons (Fsp3) is 0.231. The summed E-state index contributed by atoms with van der Waals surface area (Å²) in [5.74, 6) is -1.81. The highest BCUT2D eigenvalue weighted by Crippen LogP contribution is 2.16. The molecule has 0 aromatic heterocycles. The van der Waals surface area contributed by atoms with Crippen LogP contribution in [0.4, 0.5) is 10.1 Å². The zero-order chi connectivity index (χ0) is 13.7. The second-order valence-electron chi connectivity index (χ2n) is 3.72. The lowest BCUT2D eigenvalue weighted by atomic mass is 10.2. The average Bonchev–Trinajstić information content (AvgIpc) is 2.30. The maximum absolute atomic E-state index is 13.5. The summed E-state index contributed by atoms with van der Waals surface area (Å²) >= 11 is 0. The lowest BCUT2D eigenvalue weighted by Crippen LogP contribution is -2.15. The van der Waals surface area contributed by atoms with E-state index < -0.39 is 17.9 Å². The summed E-state index contributed by atoms with van der Waals surface area (Å²) in [6, 6.07) is 3.69. The Labute approximate surface area is 104 Å². The van der Waals surface area contributed by atoms with E-state index in [-0.39, 0.29) is 11.5 Å². The van der Waals surface area contributed by atoms with Gasteiger partial charge in [0.1, 0.15) is 11.9 Å². The highest BCUT2D eigenvalue weighted by molar-refractivity contribution is 5.94. The van der Waals surface area contributed by atoms with Crippen molar-refractivity contribution in [3.63, 3.8) is 0 Å². The molecule has 1 N–H and O–H groups in total. The lowest BCUT2D eigenvalue weighted by molar-refractivity contribution is -0.114. The van der Waals surface area contributed by atoms with Gasteiger partial charge in [-0.15, -0.1) is 0 Å². The number of rotatable bonds is 4. The molecule has 0 unspecified atom stereocenters. The van der Waals surface area contributed by atoms with Crippen LogP contribution in [0, 0.1) is 5.82 Å². The number of esters is 1. The van der Waals surface area contributed by atoms with Gasteiger partial charge in [-0.1, -0.05) is 12.7 Å². The summed E-state index contributed by atoms with van der Waals surface area (Å²) in [5, 5.41) is 2.46. The Morgan fingerprint density at radius 2 is 2.17 bits per heavy atom. The molecular formula is C13H14FNO3. The molecule has 0 fully saturated rings. The molecule has 1 aromatic rings. The molecule has 0 saturated carbocycles. The first-order valence-corrected chi connectivity index (χ1v) is 5.34. The van der Waals surface area contributed by atoms with Crippen LogP contribution < -0.4 is 5.32 Å². The van der Waals surface area contributed by atoms with Crippen LogP contribution in [-0.2, 0) is 9.53 Å². The number of nitrogens with one attached hydrogen (secondary N) is 1. The number of ether oxygens (including phenoxy) is 1. The molecule has 0 saturated heterocycles. The number of benzene rings is 1. The zero-order valence-corrected chi connectivity index (χ0v) is 10.2. The molecule has 1 atom stereocenters. The summed E-state index contributed by atoms with van der Waals surface area (Å²) in [4.78, 5) is 22.5. The number of carbonyl (C=O) groups excluding carboxylic acids is 2. The molecule has 96 valence electrons. The number of halogens is 1. The summed E-state index contributed by atoms with van der Waals surface area (Å²) in [6.07, 6.45) is 0.911. The Morgan fingerprint density at radius 1 is 1.50 bits per heavy atom. The zero-order valence-electron chi connectivity index (χ0n) is 10.2.